The molecule has 0 aliphatic heterocycles. The van der Waals surface area contributed by atoms with E-state index in [1.807, 2.05) is 6.92 Å². The number of nitrogens with zero attached hydrogens (tertiary/aromatic N) is 4. The van der Waals surface area contributed by atoms with E-state index in [2.05, 4.69) is 20.3 Å². The number of rotatable bonds is 3. The van der Waals surface area contributed by atoms with Gasteiger partial charge < -0.3 is 10.3 Å². The Kier molecular flexibility index (Phi) is 2.68. The van der Waals surface area contributed by atoms with Gasteiger partial charge in [0.15, 0.2) is 11.6 Å². The summed E-state index contributed by atoms with van der Waals surface area (Å²) < 4.78 is 5.03. The summed E-state index contributed by atoms with van der Waals surface area (Å²) in [4.78, 5) is 4.12. The van der Waals surface area contributed by atoms with Gasteiger partial charge in [0.25, 0.3) is 0 Å². The Hall–Kier alpha value is -1.82. The minimum absolute atomic E-state index is 0.516. The van der Waals surface area contributed by atoms with Crippen molar-refractivity contribution >= 4 is 0 Å². The topological polar surface area (TPSA) is 90.7 Å². The van der Waals surface area contributed by atoms with Crippen LogP contribution < -0.4 is 5.73 Å². The predicted octanol–water partition coefficient (Wildman–Crippen LogP) is 0.336. The predicted molar refractivity (Wildman–Crippen MR) is 52.8 cm³/mol. The third-order valence-electron chi connectivity index (χ3n) is 1.96. The molecule has 6 heteroatoms. The highest BCUT2D eigenvalue weighted by Crippen LogP contribution is 2.18. The number of aryl methyl sites for hydroxylation is 1. The summed E-state index contributed by atoms with van der Waals surface area (Å²) in [6, 6.07) is 0. The highest BCUT2D eigenvalue weighted by molar-refractivity contribution is 5.53. The van der Waals surface area contributed by atoms with Gasteiger partial charge in [-0.05, 0) is 13.5 Å². The molecule has 15 heavy (non-hydrogen) atoms. The number of hydrogen-bond acceptors (Lipinski definition) is 6. The molecule has 2 N–H and O–H groups in total. The average molecular weight is 205 g/mol. The molecule has 0 aliphatic carbocycles. The van der Waals surface area contributed by atoms with Gasteiger partial charge in [-0.15, -0.1) is 10.2 Å². The molecule has 2 heterocycles. The van der Waals surface area contributed by atoms with Crippen molar-refractivity contribution in [3.05, 3.63) is 23.8 Å². The van der Waals surface area contributed by atoms with Crippen molar-refractivity contribution in [2.75, 3.05) is 6.54 Å². The Balaban J connectivity index is 2.28. The van der Waals surface area contributed by atoms with Crippen LogP contribution in [0.25, 0.3) is 11.5 Å². The highest BCUT2D eigenvalue weighted by Gasteiger charge is 2.09. The first-order valence-electron chi connectivity index (χ1n) is 4.61. The van der Waals surface area contributed by atoms with Crippen LogP contribution in [0.2, 0.25) is 0 Å². The van der Waals surface area contributed by atoms with Crippen LogP contribution in [0.3, 0.4) is 0 Å². The second-order valence-electron chi connectivity index (χ2n) is 3.14. The zero-order valence-electron chi connectivity index (χ0n) is 8.34. The fraction of sp³-hybridized carbons (Fsp3) is 0.333. The maximum Gasteiger partial charge on any atom is 0.191 e. The van der Waals surface area contributed by atoms with E-state index in [1.165, 1.54) is 0 Å². The molecular weight excluding hydrogens is 194 g/mol. The van der Waals surface area contributed by atoms with E-state index in [0.717, 1.165) is 5.56 Å². The standard InChI is InChI=1S/C9H11N5O/c1-6-4-12-15-9(6)7-5-11-8(2-3-10)14-13-7/h4-5H,2-3,10H2,1H3. The number of aromatic nitrogens is 4. The van der Waals surface area contributed by atoms with Gasteiger partial charge in [-0.25, -0.2) is 4.98 Å². The van der Waals surface area contributed by atoms with Crippen molar-refractivity contribution in [2.24, 2.45) is 5.73 Å². The minimum atomic E-state index is 0.516. The smallest absolute Gasteiger partial charge is 0.191 e. The van der Waals surface area contributed by atoms with Crippen molar-refractivity contribution in [2.45, 2.75) is 13.3 Å². The first-order chi connectivity index (χ1) is 7.31. The van der Waals surface area contributed by atoms with Gasteiger partial charge >= 0.3 is 0 Å². The quantitative estimate of drug-likeness (QED) is 0.776. The van der Waals surface area contributed by atoms with Crippen LogP contribution in [0.1, 0.15) is 11.4 Å². The Morgan fingerprint density at radius 3 is 2.73 bits per heavy atom. The molecule has 2 aromatic rings. The summed E-state index contributed by atoms with van der Waals surface area (Å²) in [6.07, 6.45) is 3.87. The van der Waals surface area contributed by atoms with Crippen LogP contribution in [0.4, 0.5) is 0 Å². The van der Waals surface area contributed by atoms with Crippen molar-refractivity contribution < 1.29 is 4.52 Å². The zero-order valence-corrected chi connectivity index (χ0v) is 8.34. The van der Waals surface area contributed by atoms with Gasteiger partial charge in [-0.2, -0.15) is 0 Å². The molecule has 0 saturated carbocycles. The van der Waals surface area contributed by atoms with Crippen LogP contribution in [-0.2, 0) is 6.42 Å². The molecule has 0 aliphatic rings. The van der Waals surface area contributed by atoms with Crippen molar-refractivity contribution in [3.63, 3.8) is 0 Å². The molecule has 2 rings (SSSR count). The Morgan fingerprint density at radius 2 is 2.20 bits per heavy atom. The van der Waals surface area contributed by atoms with Gasteiger partial charge in [0.2, 0.25) is 0 Å². The van der Waals surface area contributed by atoms with Gasteiger partial charge in [0, 0.05) is 12.0 Å². The van der Waals surface area contributed by atoms with Gasteiger partial charge in [-0.1, -0.05) is 5.16 Å². The highest BCUT2D eigenvalue weighted by atomic mass is 16.5. The fourth-order valence-electron chi connectivity index (χ4n) is 1.18. The van der Waals surface area contributed by atoms with Gasteiger partial charge in [0.05, 0.1) is 12.4 Å². The molecule has 0 unspecified atom stereocenters. The summed E-state index contributed by atoms with van der Waals surface area (Å²) in [5.74, 6) is 1.24. The van der Waals surface area contributed by atoms with Crippen molar-refractivity contribution in [3.8, 4) is 11.5 Å². The molecular formula is C9H11N5O. The van der Waals surface area contributed by atoms with E-state index >= 15 is 0 Å². The average Bonchev–Trinajstić information content (AvgIpc) is 2.66. The van der Waals surface area contributed by atoms with Crippen molar-refractivity contribution in [1.29, 1.82) is 0 Å². The molecule has 6 nitrogen and oxygen atoms in total. The molecule has 0 atom stereocenters. The van der Waals surface area contributed by atoms with Crippen LogP contribution in [0.5, 0.6) is 0 Å². The largest absolute Gasteiger partial charge is 0.354 e. The third-order valence-corrected chi connectivity index (χ3v) is 1.96. The Bertz CT molecular complexity index is 436. The lowest BCUT2D eigenvalue weighted by atomic mass is 10.2. The maximum absolute atomic E-state index is 5.38. The number of nitrogens with two attached hydrogens (primary N) is 1. The van der Waals surface area contributed by atoms with E-state index in [9.17, 15) is 0 Å². The summed E-state index contributed by atoms with van der Waals surface area (Å²) in [5, 5.41) is 11.6. The molecule has 78 valence electrons. The zero-order chi connectivity index (χ0) is 10.7. The summed E-state index contributed by atoms with van der Waals surface area (Å²) in [5.41, 5.74) is 6.88. The fourth-order valence-corrected chi connectivity index (χ4v) is 1.18. The first-order valence-corrected chi connectivity index (χ1v) is 4.61. The monoisotopic (exact) mass is 205 g/mol. The normalized spacial score (nSPS) is 10.5. The van der Waals surface area contributed by atoms with E-state index in [1.54, 1.807) is 12.4 Å². The van der Waals surface area contributed by atoms with Crippen LogP contribution in [-0.4, -0.2) is 26.9 Å². The second-order valence-corrected chi connectivity index (χ2v) is 3.14. The molecule has 0 aromatic carbocycles. The minimum Gasteiger partial charge on any atom is -0.354 e. The van der Waals surface area contributed by atoms with E-state index in [4.69, 9.17) is 10.3 Å². The Labute approximate surface area is 86.5 Å². The Morgan fingerprint density at radius 1 is 1.33 bits per heavy atom. The van der Waals surface area contributed by atoms with Crippen LogP contribution in [0, 0.1) is 6.92 Å². The van der Waals surface area contributed by atoms with Crippen LogP contribution in [0.15, 0.2) is 16.9 Å². The maximum atomic E-state index is 5.38. The summed E-state index contributed by atoms with van der Waals surface area (Å²) >= 11 is 0. The molecule has 0 bridgehead atoms. The van der Waals surface area contributed by atoms with Gasteiger partial charge in [0.1, 0.15) is 5.69 Å². The lowest BCUT2D eigenvalue weighted by Gasteiger charge is -1.97. The SMILES string of the molecule is Cc1cnoc1-c1cnc(CCN)nn1. The number of hydrogen-bond donors (Lipinski definition) is 1. The molecule has 0 amide bonds. The summed E-state index contributed by atoms with van der Waals surface area (Å²) in [7, 11) is 0. The second kappa shape index (κ2) is 4.14. The van der Waals surface area contributed by atoms with Crippen LogP contribution >= 0.6 is 0 Å². The van der Waals surface area contributed by atoms with Gasteiger partial charge in [-0.3, -0.25) is 0 Å². The van der Waals surface area contributed by atoms with E-state index in [0.29, 0.717) is 30.2 Å². The lowest BCUT2D eigenvalue weighted by Crippen LogP contribution is -2.07. The van der Waals surface area contributed by atoms with E-state index < -0.39 is 0 Å². The molecule has 0 saturated heterocycles. The molecule has 2 aromatic heterocycles. The molecule has 0 radical (unpaired) electrons. The first kappa shape index (κ1) is 9.72. The summed E-state index contributed by atoms with van der Waals surface area (Å²) in [6.45, 7) is 2.41. The lowest BCUT2D eigenvalue weighted by molar-refractivity contribution is 0.430. The third kappa shape index (κ3) is 1.99. The molecule has 0 fully saturated rings. The van der Waals surface area contributed by atoms with E-state index in [-0.39, 0.29) is 0 Å². The van der Waals surface area contributed by atoms with Crippen molar-refractivity contribution in [1.82, 2.24) is 20.3 Å². The molecule has 0 spiro atoms.